The van der Waals surface area contributed by atoms with Crippen LogP contribution in [-0.4, -0.2) is 20.2 Å². The third kappa shape index (κ3) is 5.28. The maximum absolute atomic E-state index is 11.7. The average molecular weight is 241 g/mol. The molecule has 1 rings (SSSR count). The average Bonchev–Trinajstić information content (AvgIpc) is 2.17. The molecule has 0 spiro atoms. The first-order valence-electron chi connectivity index (χ1n) is 5.49. The summed E-state index contributed by atoms with van der Waals surface area (Å²) in [4.78, 5) is 0. The molecule has 0 aliphatic rings. The van der Waals surface area contributed by atoms with Gasteiger partial charge in [0.1, 0.15) is 0 Å². The van der Waals surface area contributed by atoms with Crippen LogP contribution >= 0.6 is 0 Å². The van der Waals surface area contributed by atoms with Crippen LogP contribution in [0.2, 0.25) is 0 Å². The topological polar surface area (TPSA) is 60.2 Å². The fourth-order valence-corrected chi connectivity index (χ4v) is 2.98. The Kier molecular flexibility index (Phi) is 4.96. The molecule has 1 aromatic rings. The van der Waals surface area contributed by atoms with Gasteiger partial charge in [-0.25, -0.2) is 8.42 Å². The molecule has 0 aliphatic heterocycles. The lowest BCUT2D eigenvalue weighted by molar-refractivity contribution is 0.584. The van der Waals surface area contributed by atoms with Crippen molar-refractivity contribution in [2.24, 2.45) is 5.73 Å². The lowest BCUT2D eigenvalue weighted by atomic mass is 10.2. The van der Waals surface area contributed by atoms with E-state index < -0.39 is 9.84 Å². The molecule has 1 unspecified atom stereocenters. The highest BCUT2D eigenvalue weighted by molar-refractivity contribution is 7.90. The monoisotopic (exact) mass is 241 g/mol. The van der Waals surface area contributed by atoms with Gasteiger partial charge in [-0.05, 0) is 25.3 Å². The van der Waals surface area contributed by atoms with Crippen molar-refractivity contribution < 1.29 is 8.42 Å². The molecule has 0 saturated carbocycles. The van der Waals surface area contributed by atoms with Crippen LogP contribution in [0.5, 0.6) is 0 Å². The minimum Gasteiger partial charge on any atom is -0.328 e. The third-order valence-electron chi connectivity index (χ3n) is 2.34. The molecule has 4 heteroatoms. The summed E-state index contributed by atoms with van der Waals surface area (Å²) < 4.78 is 23.5. The van der Waals surface area contributed by atoms with Crippen LogP contribution in [0.25, 0.3) is 0 Å². The van der Waals surface area contributed by atoms with Crippen LogP contribution in [0.3, 0.4) is 0 Å². The molecule has 3 nitrogen and oxygen atoms in total. The summed E-state index contributed by atoms with van der Waals surface area (Å²) >= 11 is 0. The predicted octanol–water partition coefficient (Wildman–Crippen LogP) is 1.73. The predicted molar refractivity (Wildman–Crippen MR) is 66.8 cm³/mol. The van der Waals surface area contributed by atoms with Crippen molar-refractivity contribution in [1.82, 2.24) is 0 Å². The maximum Gasteiger partial charge on any atom is 0.154 e. The molecule has 1 aromatic carbocycles. The van der Waals surface area contributed by atoms with Gasteiger partial charge in [-0.2, -0.15) is 0 Å². The Morgan fingerprint density at radius 1 is 1.25 bits per heavy atom. The second-order valence-electron chi connectivity index (χ2n) is 4.20. The molecule has 0 amide bonds. The van der Waals surface area contributed by atoms with E-state index in [-0.39, 0.29) is 17.5 Å². The molecular weight excluding hydrogens is 222 g/mol. The Balaban J connectivity index is 2.46. The van der Waals surface area contributed by atoms with E-state index in [4.69, 9.17) is 5.73 Å². The van der Waals surface area contributed by atoms with E-state index in [0.717, 1.165) is 12.0 Å². The van der Waals surface area contributed by atoms with Gasteiger partial charge in [0.2, 0.25) is 0 Å². The summed E-state index contributed by atoms with van der Waals surface area (Å²) in [5, 5.41) is 0. The Bertz CT molecular complexity index is 398. The van der Waals surface area contributed by atoms with E-state index in [1.54, 1.807) is 0 Å². The maximum atomic E-state index is 11.7. The fourth-order valence-electron chi connectivity index (χ4n) is 1.53. The summed E-state index contributed by atoms with van der Waals surface area (Å²) in [6.07, 6.45) is 1.40. The number of rotatable bonds is 6. The van der Waals surface area contributed by atoms with Gasteiger partial charge in [0, 0.05) is 6.04 Å². The van der Waals surface area contributed by atoms with Gasteiger partial charge in [0.25, 0.3) is 0 Å². The highest BCUT2D eigenvalue weighted by Gasteiger charge is 2.11. The molecular formula is C12H19NO2S. The van der Waals surface area contributed by atoms with Crippen LogP contribution < -0.4 is 5.73 Å². The molecule has 0 aromatic heterocycles. The van der Waals surface area contributed by atoms with Gasteiger partial charge in [-0.1, -0.05) is 30.3 Å². The van der Waals surface area contributed by atoms with E-state index in [1.807, 2.05) is 37.3 Å². The molecule has 0 saturated heterocycles. The van der Waals surface area contributed by atoms with Crippen molar-refractivity contribution in [3.63, 3.8) is 0 Å². The molecule has 16 heavy (non-hydrogen) atoms. The Morgan fingerprint density at radius 2 is 1.88 bits per heavy atom. The first kappa shape index (κ1) is 13.2. The zero-order chi connectivity index (χ0) is 12.0. The van der Waals surface area contributed by atoms with Gasteiger partial charge < -0.3 is 5.73 Å². The summed E-state index contributed by atoms with van der Waals surface area (Å²) in [5.74, 6) is 0.357. The second-order valence-corrected chi connectivity index (χ2v) is 6.38. The van der Waals surface area contributed by atoms with Gasteiger partial charge in [-0.15, -0.1) is 0 Å². The zero-order valence-corrected chi connectivity index (χ0v) is 10.4. The van der Waals surface area contributed by atoms with Crippen molar-refractivity contribution in [2.75, 3.05) is 5.75 Å². The van der Waals surface area contributed by atoms with E-state index >= 15 is 0 Å². The quantitative estimate of drug-likeness (QED) is 0.825. The molecule has 1 atom stereocenters. The van der Waals surface area contributed by atoms with Crippen LogP contribution in [0.15, 0.2) is 30.3 Å². The van der Waals surface area contributed by atoms with Gasteiger partial charge in [-0.3, -0.25) is 0 Å². The van der Waals surface area contributed by atoms with Crippen molar-refractivity contribution >= 4 is 9.84 Å². The Labute approximate surface area is 97.6 Å². The van der Waals surface area contributed by atoms with Gasteiger partial charge in [0.15, 0.2) is 9.84 Å². The van der Waals surface area contributed by atoms with E-state index in [9.17, 15) is 8.42 Å². The Hall–Kier alpha value is -0.870. The number of benzene rings is 1. The number of sulfone groups is 1. The number of hydrogen-bond acceptors (Lipinski definition) is 3. The molecule has 2 N–H and O–H groups in total. The Morgan fingerprint density at radius 3 is 2.44 bits per heavy atom. The van der Waals surface area contributed by atoms with Crippen LogP contribution in [-0.2, 0) is 15.6 Å². The van der Waals surface area contributed by atoms with Crippen molar-refractivity contribution in [2.45, 2.75) is 31.6 Å². The minimum atomic E-state index is -2.99. The van der Waals surface area contributed by atoms with Crippen LogP contribution in [0.4, 0.5) is 0 Å². The zero-order valence-electron chi connectivity index (χ0n) is 9.59. The molecule has 0 bridgehead atoms. The molecule has 0 heterocycles. The number of nitrogens with two attached hydrogens (primary N) is 1. The van der Waals surface area contributed by atoms with Crippen molar-refractivity contribution in [1.29, 1.82) is 0 Å². The SMILES string of the molecule is CC(N)CCCS(=O)(=O)Cc1ccccc1. The summed E-state index contributed by atoms with van der Waals surface area (Å²) in [5.41, 5.74) is 6.43. The lowest BCUT2D eigenvalue weighted by Crippen LogP contribution is -2.17. The third-order valence-corrected chi connectivity index (χ3v) is 4.03. The normalized spacial score (nSPS) is 13.6. The second kappa shape index (κ2) is 6.01. The molecule has 0 aliphatic carbocycles. The summed E-state index contributed by atoms with van der Waals surface area (Å²) in [7, 11) is -2.99. The lowest BCUT2D eigenvalue weighted by Gasteiger charge is -2.06. The largest absolute Gasteiger partial charge is 0.328 e. The number of hydrogen-bond donors (Lipinski definition) is 1. The van der Waals surface area contributed by atoms with Crippen LogP contribution in [0.1, 0.15) is 25.3 Å². The highest BCUT2D eigenvalue weighted by Crippen LogP contribution is 2.08. The summed E-state index contributed by atoms with van der Waals surface area (Å²) in [6, 6.07) is 9.34. The molecule has 0 fully saturated rings. The molecule has 90 valence electrons. The summed E-state index contributed by atoms with van der Waals surface area (Å²) in [6.45, 7) is 1.89. The standard InChI is InChI=1S/C12H19NO2S/c1-11(13)6-5-9-16(14,15)10-12-7-3-2-4-8-12/h2-4,7-8,11H,5-6,9-10,13H2,1H3. The van der Waals surface area contributed by atoms with E-state index in [1.165, 1.54) is 0 Å². The first-order valence-corrected chi connectivity index (χ1v) is 7.32. The first-order chi connectivity index (χ1) is 7.49. The van der Waals surface area contributed by atoms with Crippen LogP contribution in [0, 0.1) is 0 Å². The minimum absolute atomic E-state index is 0.0759. The fraction of sp³-hybridized carbons (Fsp3) is 0.500. The van der Waals surface area contributed by atoms with Gasteiger partial charge >= 0.3 is 0 Å². The van der Waals surface area contributed by atoms with Crippen molar-refractivity contribution in [3.05, 3.63) is 35.9 Å². The van der Waals surface area contributed by atoms with E-state index in [0.29, 0.717) is 6.42 Å². The van der Waals surface area contributed by atoms with E-state index in [2.05, 4.69) is 0 Å². The highest BCUT2D eigenvalue weighted by atomic mass is 32.2. The van der Waals surface area contributed by atoms with Gasteiger partial charge in [0.05, 0.1) is 11.5 Å². The smallest absolute Gasteiger partial charge is 0.154 e. The van der Waals surface area contributed by atoms with Crippen molar-refractivity contribution in [3.8, 4) is 0 Å². The molecule has 0 radical (unpaired) electrons.